The summed E-state index contributed by atoms with van der Waals surface area (Å²) in [5.74, 6) is -1.64. The number of aromatic nitrogens is 2. The summed E-state index contributed by atoms with van der Waals surface area (Å²) in [5, 5.41) is 9.99. The Kier molecular flexibility index (Phi) is 3.29. The molecule has 1 aromatic heterocycles. The summed E-state index contributed by atoms with van der Waals surface area (Å²) >= 11 is 0. The second kappa shape index (κ2) is 5.14. The molecule has 22 heavy (non-hydrogen) atoms. The topological polar surface area (TPSA) is 69.2 Å². The van der Waals surface area contributed by atoms with Crippen LogP contribution < -0.4 is 0 Å². The van der Waals surface area contributed by atoms with E-state index >= 15 is 0 Å². The molecular formula is C16H14FN3O2. The van der Waals surface area contributed by atoms with Crippen LogP contribution in [0.25, 0.3) is 22.2 Å². The number of hydrogen-bond acceptors (Lipinski definition) is 3. The van der Waals surface area contributed by atoms with Gasteiger partial charge in [0, 0.05) is 25.2 Å². The van der Waals surface area contributed by atoms with E-state index in [-0.39, 0.29) is 17.0 Å². The van der Waals surface area contributed by atoms with E-state index in [4.69, 9.17) is 0 Å². The minimum absolute atomic E-state index is 0.178. The normalized spacial score (nSPS) is 10.9. The summed E-state index contributed by atoms with van der Waals surface area (Å²) in [4.78, 5) is 20.5. The van der Waals surface area contributed by atoms with Gasteiger partial charge in [0.1, 0.15) is 0 Å². The van der Waals surface area contributed by atoms with Crippen LogP contribution in [0.4, 0.5) is 4.39 Å². The molecule has 112 valence electrons. The number of halogens is 1. The zero-order valence-corrected chi connectivity index (χ0v) is 12.1. The first kappa shape index (κ1) is 14.1. The van der Waals surface area contributed by atoms with Gasteiger partial charge in [0.25, 0.3) is 5.91 Å². The molecule has 2 aromatic carbocycles. The third-order valence-corrected chi connectivity index (χ3v) is 3.45. The first-order valence-electron chi connectivity index (χ1n) is 6.65. The average molecular weight is 299 g/mol. The summed E-state index contributed by atoms with van der Waals surface area (Å²) in [5.41, 5.74) is 2.56. The predicted molar refractivity (Wildman–Crippen MR) is 81.2 cm³/mol. The summed E-state index contributed by atoms with van der Waals surface area (Å²) in [6, 6.07) is 7.77. The molecule has 0 fully saturated rings. The number of phenols is 1. The van der Waals surface area contributed by atoms with Gasteiger partial charge < -0.3 is 15.0 Å². The number of H-pyrrole nitrogens is 1. The quantitative estimate of drug-likeness (QED) is 0.764. The Labute approximate surface area is 126 Å². The van der Waals surface area contributed by atoms with Gasteiger partial charge in [-0.1, -0.05) is 6.07 Å². The molecule has 5 nitrogen and oxygen atoms in total. The summed E-state index contributed by atoms with van der Waals surface area (Å²) in [6.45, 7) is 0. The SMILES string of the molecule is CN(C)C(=O)c1cc(F)c(O)c(-c2ccc3[nH]cnc3c2)c1. The summed E-state index contributed by atoms with van der Waals surface area (Å²) in [6.07, 6.45) is 1.56. The maximum atomic E-state index is 14.0. The molecule has 3 aromatic rings. The number of phenolic OH excluding ortho intramolecular Hbond substituents is 1. The van der Waals surface area contributed by atoms with Crippen molar-refractivity contribution in [2.45, 2.75) is 0 Å². The van der Waals surface area contributed by atoms with Gasteiger partial charge >= 0.3 is 0 Å². The van der Waals surface area contributed by atoms with Crippen molar-refractivity contribution in [1.82, 2.24) is 14.9 Å². The fourth-order valence-corrected chi connectivity index (χ4v) is 2.30. The molecule has 0 spiro atoms. The van der Waals surface area contributed by atoms with Crippen molar-refractivity contribution in [2.24, 2.45) is 0 Å². The third-order valence-electron chi connectivity index (χ3n) is 3.45. The minimum atomic E-state index is -0.829. The maximum absolute atomic E-state index is 14.0. The van der Waals surface area contributed by atoms with E-state index in [9.17, 15) is 14.3 Å². The van der Waals surface area contributed by atoms with E-state index in [1.807, 2.05) is 0 Å². The van der Waals surface area contributed by atoms with Crippen molar-refractivity contribution in [3.8, 4) is 16.9 Å². The molecule has 1 heterocycles. The van der Waals surface area contributed by atoms with Gasteiger partial charge in [-0.25, -0.2) is 9.37 Å². The van der Waals surface area contributed by atoms with Crippen molar-refractivity contribution < 1.29 is 14.3 Å². The van der Waals surface area contributed by atoms with E-state index in [0.29, 0.717) is 11.1 Å². The Morgan fingerprint density at radius 3 is 2.77 bits per heavy atom. The van der Waals surface area contributed by atoms with E-state index < -0.39 is 11.6 Å². The van der Waals surface area contributed by atoms with Gasteiger partial charge in [-0.2, -0.15) is 0 Å². The maximum Gasteiger partial charge on any atom is 0.253 e. The lowest BCUT2D eigenvalue weighted by molar-refractivity contribution is 0.0827. The number of imidazole rings is 1. The molecule has 0 aliphatic carbocycles. The van der Waals surface area contributed by atoms with Crippen LogP contribution in [0.1, 0.15) is 10.4 Å². The number of amides is 1. The second-order valence-electron chi connectivity index (χ2n) is 5.19. The number of carbonyl (C=O) groups is 1. The van der Waals surface area contributed by atoms with Crippen molar-refractivity contribution >= 4 is 16.9 Å². The highest BCUT2D eigenvalue weighted by Gasteiger charge is 2.17. The first-order chi connectivity index (χ1) is 10.5. The Morgan fingerprint density at radius 2 is 2.05 bits per heavy atom. The standard InChI is InChI=1S/C16H14FN3O2/c1-20(2)16(22)10-5-11(15(21)12(17)6-10)9-3-4-13-14(7-9)19-8-18-13/h3-8,21H,1-2H3,(H,18,19). The second-order valence-corrected chi connectivity index (χ2v) is 5.19. The molecule has 0 saturated heterocycles. The van der Waals surface area contributed by atoms with Crippen molar-refractivity contribution in [1.29, 1.82) is 0 Å². The number of aromatic hydroxyl groups is 1. The van der Waals surface area contributed by atoms with Gasteiger partial charge in [0.05, 0.1) is 17.4 Å². The number of fused-ring (bicyclic) bond motifs is 1. The largest absolute Gasteiger partial charge is 0.504 e. The van der Waals surface area contributed by atoms with Crippen LogP contribution in [0.15, 0.2) is 36.7 Å². The lowest BCUT2D eigenvalue weighted by atomic mass is 10.0. The smallest absolute Gasteiger partial charge is 0.253 e. The first-order valence-corrected chi connectivity index (χ1v) is 6.65. The number of benzene rings is 2. The molecule has 0 radical (unpaired) electrons. The van der Waals surface area contributed by atoms with Gasteiger partial charge in [-0.15, -0.1) is 0 Å². The van der Waals surface area contributed by atoms with Gasteiger partial charge in [0.2, 0.25) is 0 Å². The van der Waals surface area contributed by atoms with Crippen LogP contribution in [-0.2, 0) is 0 Å². The van der Waals surface area contributed by atoms with Crippen LogP contribution in [0.2, 0.25) is 0 Å². The molecule has 0 unspecified atom stereocenters. The molecule has 0 aliphatic heterocycles. The third kappa shape index (κ3) is 2.28. The number of hydrogen-bond donors (Lipinski definition) is 2. The number of aromatic amines is 1. The van der Waals surface area contributed by atoms with Crippen LogP contribution in [0.3, 0.4) is 0 Å². The lowest BCUT2D eigenvalue weighted by Crippen LogP contribution is -2.21. The van der Waals surface area contributed by atoms with E-state index in [0.717, 1.165) is 11.6 Å². The lowest BCUT2D eigenvalue weighted by Gasteiger charge is -2.13. The molecule has 3 rings (SSSR count). The highest BCUT2D eigenvalue weighted by atomic mass is 19.1. The summed E-state index contributed by atoms with van der Waals surface area (Å²) < 4.78 is 14.0. The molecular weight excluding hydrogens is 285 g/mol. The monoisotopic (exact) mass is 299 g/mol. The Balaban J connectivity index is 2.18. The minimum Gasteiger partial charge on any atom is -0.504 e. The number of nitrogens with one attached hydrogen (secondary N) is 1. The fraction of sp³-hybridized carbons (Fsp3) is 0.125. The zero-order chi connectivity index (χ0) is 15.9. The molecule has 1 amide bonds. The number of nitrogens with zero attached hydrogens (tertiary/aromatic N) is 2. The van der Waals surface area contributed by atoms with Crippen LogP contribution in [-0.4, -0.2) is 40.0 Å². The molecule has 0 bridgehead atoms. The fourth-order valence-electron chi connectivity index (χ4n) is 2.30. The van der Waals surface area contributed by atoms with Crippen LogP contribution in [0, 0.1) is 5.82 Å². The molecule has 0 atom stereocenters. The Hall–Kier alpha value is -2.89. The van der Waals surface area contributed by atoms with Crippen LogP contribution >= 0.6 is 0 Å². The Morgan fingerprint density at radius 1 is 1.27 bits per heavy atom. The highest BCUT2D eigenvalue weighted by molar-refractivity contribution is 5.96. The van der Waals surface area contributed by atoms with Crippen molar-refractivity contribution in [2.75, 3.05) is 14.1 Å². The van der Waals surface area contributed by atoms with Crippen molar-refractivity contribution in [3.63, 3.8) is 0 Å². The van der Waals surface area contributed by atoms with E-state index in [2.05, 4.69) is 9.97 Å². The Bertz CT molecular complexity index is 871. The van der Waals surface area contributed by atoms with Crippen molar-refractivity contribution in [3.05, 3.63) is 48.0 Å². The number of carbonyl (C=O) groups excluding carboxylic acids is 1. The van der Waals surface area contributed by atoms with Crippen LogP contribution in [0.5, 0.6) is 5.75 Å². The molecule has 0 saturated carbocycles. The summed E-state index contributed by atoms with van der Waals surface area (Å²) in [7, 11) is 3.17. The average Bonchev–Trinajstić information content (AvgIpc) is 2.96. The molecule has 6 heteroatoms. The van der Waals surface area contributed by atoms with E-state index in [1.165, 1.54) is 11.0 Å². The molecule has 2 N–H and O–H groups in total. The van der Waals surface area contributed by atoms with Gasteiger partial charge in [-0.05, 0) is 29.8 Å². The van der Waals surface area contributed by atoms with Gasteiger partial charge in [0.15, 0.2) is 11.6 Å². The highest BCUT2D eigenvalue weighted by Crippen LogP contribution is 2.34. The van der Waals surface area contributed by atoms with Gasteiger partial charge in [-0.3, -0.25) is 4.79 Å². The van der Waals surface area contributed by atoms with E-state index in [1.54, 1.807) is 38.6 Å². The molecule has 0 aliphatic rings. The predicted octanol–water partition coefficient (Wildman–Crippen LogP) is 2.78. The zero-order valence-electron chi connectivity index (χ0n) is 12.1. The number of rotatable bonds is 2.